The monoisotopic (exact) mass is 1060 g/mol. The second-order valence-corrected chi connectivity index (χ2v) is 21.9. The molecule has 0 bridgehead atoms. The number of esters is 1. The van der Waals surface area contributed by atoms with Gasteiger partial charge in [-0.1, -0.05) is 225 Å². The van der Waals surface area contributed by atoms with E-state index in [0.29, 0.717) is 23.9 Å². The van der Waals surface area contributed by atoms with E-state index in [1.165, 1.54) is 83.5 Å². The minimum absolute atomic E-state index is 0.0116. The number of phosphoric acid groups is 1. The van der Waals surface area contributed by atoms with Gasteiger partial charge in [-0.15, -0.1) is 0 Å². The van der Waals surface area contributed by atoms with Gasteiger partial charge in [-0.3, -0.25) is 18.6 Å². The lowest BCUT2D eigenvalue weighted by Crippen LogP contribution is -2.47. The molecule has 0 aliphatic rings. The van der Waals surface area contributed by atoms with Crippen molar-refractivity contribution in [1.82, 2.24) is 5.32 Å². The number of carbonyl (C=O) groups excluding carboxylic acids is 2. The first kappa shape index (κ1) is 71.2. The van der Waals surface area contributed by atoms with Gasteiger partial charge in [-0.2, -0.15) is 0 Å². The fraction of sp³-hybridized carbons (Fsp3) is 0.631. The number of carbonyl (C=O) groups is 2. The molecule has 0 spiro atoms. The lowest BCUT2D eigenvalue weighted by atomic mass is 10.0. The van der Waals surface area contributed by atoms with Gasteiger partial charge in [0.1, 0.15) is 19.3 Å². The molecular weight excluding hydrogens is 952 g/mol. The van der Waals surface area contributed by atoms with Crippen molar-refractivity contribution in [1.29, 1.82) is 0 Å². The summed E-state index contributed by atoms with van der Waals surface area (Å²) >= 11 is 0. The maximum Gasteiger partial charge on any atom is 0.472 e. The van der Waals surface area contributed by atoms with Crippen molar-refractivity contribution in [3.63, 3.8) is 0 Å². The van der Waals surface area contributed by atoms with E-state index in [1.807, 2.05) is 39.4 Å². The fourth-order valence-corrected chi connectivity index (χ4v) is 8.28. The number of quaternary nitrogens is 1. The van der Waals surface area contributed by atoms with Crippen LogP contribution in [-0.4, -0.2) is 74.3 Å². The predicted molar refractivity (Wildman–Crippen MR) is 323 cm³/mol. The Morgan fingerprint density at radius 3 is 1.33 bits per heavy atom. The Bertz CT molecular complexity index is 1740. The molecule has 9 nitrogen and oxygen atoms in total. The first-order valence-electron chi connectivity index (χ1n) is 29.5. The van der Waals surface area contributed by atoms with Gasteiger partial charge >= 0.3 is 13.8 Å². The third kappa shape index (κ3) is 54.7. The third-order valence-electron chi connectivity index (χ3n) is 12.1. The maximum absolute atomic E-state index is 13.5. The summed E-state index contributed by atoms with van der Waals surface area (Å²) in [5.41, 5.74) is 0. The van der Waals surface area contributed by atoms with Crippen molar-refractivity contribution in [3.8, 4) is 0 Å². The Hall–Kier alpha value is -3.85. The number of ether oxygens (including phenoxy) is 1. The van der Waals surface area contributed by atoms with Gasteiger partial charge < -0.3 is 19.4 Å². The predicted octanol–water partition coefficient (Wildman–Crippen LogP) is 18.1. The van der Waals surface area contributed by atoms with E-state index in [9.17, 15) is 19.0 Å². The molecule has 0 radical (unpaired) electrons. The SMILES string of the molecule is CC/C=C\C/C=C\C/C=C\C/C=C\C/C=C\C/C=C\CCC(=O)OC(/C=C/CCCCCCCCCCCCC)C(COP(=O)(O)OCC[N+](C)(C)C)NC(=O)CCC/C=C\C/C=C\C/C=C\C/C=C\CCCCC. The van der Waals surface area contributed by atoms with Crippen molar-refractivity contribution >= 4 is 19.7 Å². The van der Waals surface area contributed by atoms with Crippen molar-refractivity contribution in [2.24, 2.45) is 0 Å². The van der Waals surface area contributed by atoms with Crippen molar-refractivity contribution < 1.29 is 37.3 Å². The smallest absolute Gasteiger partial charge is 0.456 e. The summed E-state index contributed by atoms with van der Waals surface area (Å²) < 4.78 is 30.5. The standard InChI is InChI=1S/C65H109N2O7P/c1-7-10-13-16-19-22-25-28-30-32-33-35-37-40-43-46-49-52-55-58-65(69)74-63(56-53-50-47-44-41-38-27-24-21-18-15-12-9-3)62(61-73-75(70,71)72-60-59-67(4,5)6)66-64(68)57-54-51-48-45-42-39-36-34-31-29-26-23-20-17-14-11-8-2/h10,13,19-20,22-23,28-31,33,35-36,39-40,43,45,48-49,52-53,56,62-63H,7-9,11-12,14-18,21,24-27,32,34,37-38,41-42,44,46-47,50-51,54-55,57-61H2,1-6H3,(H-,66,68,70,71)/p+1/b13-10-,22-19-,23-20-,30-28-,31-29-,35-33-,39-36-,43-40-,48-45-,52-49-,56-53+. The number of nitrogens with one attached hydrogen (secondary N) is 1. The number of nitrogens with zero attached hydrogens (tertiary/aromatic N) is 1. The first-order valence-corrected chi connectivity index (χ1v) is 31.0. The summed E-state index contributed by atoms with van der Waals surface area (Å²) in [6.45, 7) is 6.75. The van der Waals surface area contributed by atoms with Crippen LogP contribution in [0.5, 0.6) is 0 Å². The van der Waals surface area contributed by atoms with E-state index in [-0.39, 0.29) is 32.0 Å². The zero-order valence-corrected chi connectivity index (χ0v) is 49.4. The second kappa shape index (κ2) is 53.5. The van der Waals surface area contributed by atoms with E-state index in [2.05, 4.69) is 135 Å². The van der Waals surface area contributed by atoms with Crippen LogP contribution in [0.15, 0.2) is 134 Å². The summed E-state index contributed by atoms with van der Waals surface area (Å²) in [7, 11) is 1.40. The summed E-state index contributed by atoms with van der Waals surface area (Å²) in [4.78, 5) is 37.6. The highest BCUT2D eigenvalue weighted by atomic mass is 31.2. The molecule has 3 atom stereocenters. The van der Waals surface area contributed by atoms with E-state index >= 15 is 0 Å². The largest absolute Gasteiger partial charge is 0.472 e. The van der Waals surface area contributed by atoms with Crippen LogP contribution < -0.4 is 5.32 Å². The number of allylic oxidation sites excluding steroid dienone is 21. The number of hydrogen-bond donors (Lipinski definition) is 2. The molecular formula is C65H110N2O7P+. The van der Waals surface area contributed by atoms with E-state index in [0.717, 1.165) is 83.5 Å². The Kier molecular flexibility index (Phi) is 50.8. The Labute approximate surface area is 460 Å². The van der Waals surface area contributed by atoms with E-state index < -0.39 is 25.9 Å². The molecule has 0 aliphatic heterocycles. The molecule has 0 aromatic heterocycles. The topological polar surface area (TPSA) is 111 Å². The Balaban J connectivity index is 5.58. The highest BCUT2D eigenvalue weighted by Gasteiger charge is 2.30. The molecule has 0 saturated carbocycles. The van der Waals surface area contributed by atoms with Gasteiger partial charge in [0.2, 0.25) is 5.91 Å². The number of hydrogen-bond acceptors (Lipinski definition) is 6. The number of amides is 1. The Morgan fingerprint density at radius 1 is 0.480 bits per heavy atom. The van der Waals surface area contributed by atoms with Crippen LogP contribution in [0, 0.1) is 0 Å². The second-order valence-electron chi connectivity index (χ2n) is 20.4. The van der Waals surface area contributed by atoms with Gasteiger partial charge in [0.05, 0.1) is 33.8 Å². The van der Waals surface area contributed by atoms with Gasteiger partial charge in [-0.25, -0.2) is 4.57 Å². The van der Waals surface area contributed by atoms with Crippen molar-refractivity contribution in [2.45, 2.75) is 226 Å². The highest BCUT2D eigenvalue weighted by molar-refractivity contribution is 7.47. The third-order valence-corrected chi connectivity index (χ3v) is 13.1. The van der Waals surface area contributed by atoms with Crippen molar-refractivity contribution in [2.75, 3.05) is 40.9 Å². The molecule has 0 saturated heterocycles. The molecule has 0 rings (SSSR count). The summed E-state index contributed by atoms with van der Waals surface area (Å²) in [6.07, 6.45) is 76.1. The fourth-order valence-electron chi connectivity index (χ4n) is 7.54. The molecule has 0 aromatic carbocycles. The van der Waals surface area contributed by atoms with Crippen LogP contribution in [0.3, 0.4) is 0 Å². The van der Waals surface area contributed by atoms with Crippen LogP contribution in [0.2, 0.25) is 0 Å². The Morgan fingerprint density at radius 2 is 0.867 bits per heavy atom. The van der Waals surface area contributed by atoms with Crippen LogP contribution in [-0.2, 0) is 27.9 Å². The van der Waals surface area contributed by atoms with Gasteiger partial charge in [0.15, 0.2) is 0 Å². The zero-order chi connectivity index (χ0) is 55.0. The zero-order valence-electron chi connectivity index (χ0n) is 48.5. The molecule has 426 valence electrons. The lowest BCUT2D eigenvalue weighted by molar-refractivity contribution is -0.870. The van der Waals surface area contributed by atoms with Crippen LogP contribution in [0.1, 0.15) is 213 Å². The quantitative estimate of drug-likeness (QED) is 0.0205. The van der Waals surface area contributed by atoms with Crippen LogP contribution in [0.4, 0.5) is 0 Å². The maximum atomic E-state index is 13.5. The lowest BCUT2D eigenvalue weighted by Gasteiger charge is -2.27. The minimum Gasteiger partial charge on any atom is -0.456 e. The van der Waals surface area contributed by atoms with Crippen LogP contribution in [0.25, 0.3) is 0 Å². The molecule has 0 aromatic rings. The van der Waals surface area contributed by atoms with Crippen LogP contribution >= 0.6 is 7.82 Å². The average molecular weight is 1060 g/mol. The van der Waals surface area contributed by atoms with Crippen molar-refractivity contribution in [3.05, 3.63) is 134 Å². The van der Waals surface area contributed by atoms with E-state index in [4.69, 9.17) is 13.8 Å². The molecule has 10 heteroatoms. The molecule has 3 unspecified atom stereocenters. The number of phosphoric ester groups is 1. The summed E-state index contributed by atoms with van der Waals surface area (Å²) in [6, 6.07) is -0.917. The van der Waals surface area contributed by atoms with Gasteiger partial charge in [-0.05, 0) is 109 Å². The molecule has 0 fully saturated rings. The molecule has 75 heavy (non-hydrogen) atoms. The first-order chi connectivity index (χ1) is 36.4. The highest BCUT2D eigenvalue weighted by Crippen LogP contribution is 2.43. The number of likely N-dealkylation sites (N-methyl/N-ethyl adjacent to an activating group) is 1. The normalized spacial score (nSPS) is 14.7. The molecule has 2 N–H and O–H groups in total. The van der Waals surface area contributed by atoms with Gasteiger partial charge in [0.25, 0.3) is 0 Å². The van der Waals surface area contributed by atoms with E-state index in [1.54, 1.807) is 6.08 Å². The average Bonchev–Trinajstić information content (AvgIpc) is 3.37. The molecule has 0 aliphatic carbocycles. The summed E-state index contributed by atoms with van der Waals surface area (Å²) in [5.74, 6) is -0.680. The summed E-state index contributed by atoms with van der Waals surface area (Å²) in [5, 5.41) is 2.99. The minimum atomic E-state index is -4.49. The van der Waals surface area contributed by atoms with Gasteiger partial charge in [0, 0.05) is 12.8 Å². The number of unbranched alkanes of at least 4 members (excludes halogenated alkanes) is 15. The molecule has 1 amide bonds. The number of rotatable bonds is 51. The molecule has 0 heterocycles.